The summed E-state index contributed by atoms with van der Waals surface area (Å²) < 4.78 is 13.0. The average Bonchev–Trinajstić information content (AvgIpc) is 3.10. The number of aromatic nitrogens is 3. The van der Waals surface area contributed by atoms with Gasteiger partial charge in [0.15, 0.2) is 11.3 Å². The summed E-state index contributed by atoms with van der Waals surface area (Å²) in [5, 5.41) is 8.47. The summed E-state index contributed by atoms with van der Waals surface area (Å²) in [5.74, 6) is 2.51. The van der Waals surface area contributed by atoms with Gasteiger partial charge in [0.2, 0.25) is 0 Å². The van der Waals surface area contributed by atoms with E-state index in [0.29, 0.717) is 6.54 Å². The van der Waals surface area contributed by atoms with Gasteiger partial charge in [-0.05, 0) is 19.1 Å². The van der Waals surface area contributed by atoms with Crippen molar-refractivity contribution in [2.24, 2.45) is 7.05 Å². The highest BCUT2D eigenvalue weighted by Gasteiger charge is 2.14. The molecule has 1 aromatic carbocycles. The number of furan rings is 1. The second-order valence-corrected chi connectivity index (χ2v) is 4.93. The van der Waals surface area contributed by atoms with E-state index in [1.54, 1.807) is 18.1 Å². The van der Waals surface area contributed by atoms with Crippen molar-refractivity contribution in [3.63, 3.8) is 0 Å². The van der Waals surface area contributed by atoms with Gasteiger partial charge in [0.25, 0.3) is 0 Å². The summed E-state index contributed by atoms with van der Waals surface area (Å²) in [5.41, 5.74) is 0.780. The lowest BCUT2D eigenvalue weighted by atomic mass is 10.2. The first kappa shape index (κ1) is 13.6. The lowest BCUT2D eigenvalue weighted by Crippen LogP contribution is -2.20. The smallest absolute Gasteiger partial charge is 0.176 e. The molecular formula is C15H18N4O2. The molecule has 0 aliphatic heterocycles. The van der Waals surface area contributed by atoms with E-state index in [1.165, 1.54) is 0 Å². The molecule has 2 aromatic heterocycles. The fourth-order valence-electron chi connectivity index (χ4n) is 2.26. The maximum absolute atomic E-state index is 5.92. The van der Waals surface area contributed by atoms with Crippen molar-refractivity contribution in [1.82, 2.24) is 20.1 Å². The van der Waals surface area contributed by atoms with E-state index in [-0.39, 0.29) is 6.04 Å². The molecule has 0 radical (unpaired) electrons. The monoisotopic (exact) mass is 286 g/mol. The predicted molar refractivity (Wildman–Crippen MR) is 79.0 cm³/mol. The third-order valence-corrected chi connectivity index (χ3v) is 3.55. The summed E-state index contributed by atoms with van der Waals surface area (Å²) in [7, 11) is 3.52. The van der Waals surface area contributed by atoms with E-state index >= 15 is 0 Å². The lowest BCUT2D eigenvalue weighted by molar-refractivity contribution is 0.398. The van der Waals surface area contributed by atoms with Gasteiger partial charge in [-0.15, -0.1) is 0 Å². The molecule has 0 aliphatic carbocycles. The zero-order valence-corrected chi connectivity index (χ0v) is 12.3. The van der Waals surface area contributed by atoms with Crippen LogP contribution < -0.4 is 10.1 Å². The number of methoxy groups -OCH3 is 1. The van der Waals surface area contributed by atoms with E-state index in [0.717, 1.165) is 28.3 Å². The van der Waals surface area contributed by atoms with Crippen LogP contribution in [0.1, 0.15) is 24.6 Å². The third-order valence-electron chi connectivity index (χ3n) is 3.55. The van der Waals surface area contributed by atoms with Crippen LogP contribution in [0.5, 0.6) is 5.75 Å². The van der Waals surface area contributed by atoms with Crippen LogP contribution in [0, 0.1) is 0 Å². The van der Waals surface area contributed by atoms with Crippen LogP contribution in [-0.2, 0) is 13.6 Å². The predicted octanol–water partition coefficient (Wildman–Crippen LogP) is 2.42. The Morgan fingerprint density at radius 3 is 3.00 bits per heavy atom. The molecule has 21 heavy (non-hydrogen) atoms. The fraction of sp³-hybridized carbons (Fsp3) is 0.333. The Kier molecular flexibility index (Phi) is 3.62. The van der Waals surface area contributed by atoms with E-state index in [2.05, 4.69) is 22.3 Å². The van der Waals surface area contributed by atoms with Gasteiger partial charge in [-0.25, -0.2) is 4.98 Å². The number of aryl methyl sites for hydroxylation is 1. The standard InChI is InChI=1S/C15H18N4O2/c1-10(16-8-14-17-9-18-19(14)2)13-7-11-5-4-6-12(20-3)15(11)21-13/h4-7,9-10,16H,8H2,1-3H3. The normalized spacial score (nSPS) is 12.7. The number of hydrogen-bond donors (Lipinski definition) is 1. The Bertz CT molecular complexity index is 747. The molecule has 1 atom stereocenters. The van der Waals surface area contributed by atoms with Gasteiger partial charge < -0.3 is 14.5 Å². The summed E-state index contributed by atoms with van der Waals surface area (Å²) in [4.78, 5) is 4.19. The second-order valence-electron chi connectivity index (χ2n) is 4.93. The quantitative estimate of drug-likeness (QED) is 0.780. The van der Waals surface area contributed by atoms with Crippen LogP contribution in [0.3, 0.4) is 0 Å². The molecule has 0 saturated heterocycles. The number of nitrogens with one attached hydrogen (secondary N) is 1. The fourth-order valence-corrected chi connectivity index (χ4v) is 2.26. The number of para-hydroxylation sites is 1. The number of benzene rings is 1. The van der Waals surface area contributed by atoms with E-state index in [9.17, 15) is 0 Å². The third kappa shape index (κ3) is 2.62. The average molecular weight is 286 g/mol. The summed E-state index contributed by atoms with van der Waals surface area (Å²) in [6, 6.07) is 7.97. The minimum Gasteiger partial charge on any atom is -0.493 e. The number of ether oxygens (including phenoxy) is 1. The van der Waals surface area contributed by atoms with Crippen LogP contribution in [0.25, 0.3) is 11.0 Å². The molecule has 0 aliphatic rings. The molecule has 6 nitrogen and oxygen atoms in total. The molecule has 0 spiro atoms. The van der Waals surface area contributed by atoms with Crippen molar-refractivity contribution in [2.75, 3.05) is 7.11 Å². The summed E-state index contributed by atoms with van der Waals surface area (Å²) >= 11 is 0. The molecular weight excluding hydrogens is 268 g/mol. The van der Waals surface area contributed by atoms with Crippen molar-refractivity contribution in [3.8, 4) is 5.75 Å². The maximum atomic E-state index is 5.92. The lowest BCUT2D eigenvalue weighted by Gasteiger charge is -2.10. The molecule has 0 bridgehead atoms. The molecule has 1 unspecified atom stereocenters. The largest absolute Gasteiger partial charge is 0.493 e. The SMILES string of the molecule is COc1cccc2cc(C(C)NCc3ncnn3C)oc12. The van der Waals surface area contributed by atoms with Crippen molar-refractivity contribution >= 4 is 11.0 Å². The Labute approximate surface area is 122 Å². The van der Waals surface area contributed by atoms with E-state index in [1.807, 2.05) is 31.3 Å². The zero-order valence-electron chi connectivity index (χ0n) is 12.3. The number of hydrogen-bond acceptors (Lipinski definition) is 5. The molecule has 110 valence electrons. The van der Waals surface area contributed by atoms with Crippen LogP contribution >= 0.6 is 0 Å². The van der Waals surface area contributed by atoms with Crippen molar-refractivity contribution in [2.45, 2.75) is 19.5 Å². The van der Waals surface area contributed by atoms with E-state index < -0.39 is 0 Å². The maximum Gasteiger partial charge on any atom is 0.176 e. The number of fused-ring (bicyclic) bond motifs is 1. The Morgan fingerprint density at radius 2 is 2.29 bits per heavy atom. The van der Waals surface area contributed by atoms with Crippen molar-refractivity contribution < 1.29 is 9.15 Å². The Balaban J connectivity index is 1.78. The van der Waals surface area contributed by atoms with Crippen molar-refractivity contribution in [1.29, 1.82) is 0 Å². The zero-order chi connectivity index (χ0) is 14.8. The summed E-state index contributed by atoms with van der Waals surface area (Å²) in [6.07, 6.45) is 1.55. The molecule has 2 heterocycles. The Morgan fingerprint density at radius 1 is 1.43 bits per heavy atom. The van der Waals surface area contributed by atoms with E-state index in [4.69, 9.17) is 9.15 Å². The van der Waals surface area contributed by atoms with Gasteiger partial charge in [0, 0.05) is 12.4 Å². The number of nitrogens with zero attached hydrogens (tertiary/aromatic N) is 3. The van der Waals surface area contributed by atoms with Gasteiger partial charge in [-0.2, -0.15) is 5.10 Å². The van der Waals surface area contributed by atoms with Crippen LogP contribution in [0.15, 0.2) is 35.0 Å². The minimum absolute atomic E-state index is 0.0683. The van der Waals surface area contributed by atoms with Gasteiger partial charge in [0.1, 0.15) is 17.9 Å². The first-order valence-electron chi connectivity index (χ1n) is 6.81. The van der Waals surface area contributed by atoms with Crippen LogP contribution in [0.2, 0.25) is 0 Å². The highest BCUT2D eigenvalue weighted by atomic mass is 16.5. The Hall–Kier alpha value is -2.34. The molecule has 3 aromatic rings. The molecule has 0 fully saturated rings. The highest BCUT2D eigenvalue weighted by molar-refractivity contribution is 5.83. The van der Waals surface area contributed by atoms with Crippen LogP contribution in [0.4, 0.5) is 0 Å². The second kappa shape index (κ2) is 5.57. The molecule has 0 amide bonds. The van der Waals surface area contributed by atoms with Gasteiger partial charge in [-0.3, -0.25) is 4.68 Å². The minimum atomic E-state index is 0.0683. The molecule has 6 heteroatoms. The first-order chi connectivity index (χ1) is 10.2. The van der Waals surface area contributed by atoms with Gasteiger partial charge in [-0.1, -0.05) is 12.1 Å². The van der Waals surface area contributed by atoms with Crippen LogP contribution in [-0.4, -0.2) is 21.9 Å². The highest BCUT2D eigenvalue weighted by Crippen LogP contribution is 2.30. The first-order valence-corrected chi connectivity index (χ1v) is 6.81. The molecule has 1 N–H and O–H groups in total. The number of rotatable bonds is 5. The van der Waals surface area contributed by atoms with Gasteiger partial charge >= 0.3 is 0 Å². The topological polar surface area (TPSA) is 65.1 Å². The molecule has 0 saturated carbocycles. The van der Waals surface area contributed by atoms with Crippen molar-refractivity contribution in [3.05, 3.63) is 42.2 Å². The van der Waals surface area contributed by atoms with Gasteiger partial charge in [0.05, 0.1) is 19.7 Å². The summed E-state index contributed by atoms with van der Waals surface area (Å²) in [6.45, 7) is 2.69. The molecule has 3 rings (SSSR count).